The lowest BCUT2D eigenvalue weighted by Gasteiger charge is -2.48. The lowest BCUT2D eigenvalue weighted by Crippen LogP contribution is -2.66. The number of nitrogens with one attached hydrogen (secondary N) is 1. The van der Waals surface area contributed by atoms with Gasteiger partial charge < -0.3 is 89.9 Å². The topological polar surface area (TPSA) is 307 Å². The number of amides is 1. The van der Waals surface area contributed by atoms with E-state index in [1.165, 1.54) is 70.6 Å². The number of aliphatic hydroxyl groups is 11. The molecule has 19 nitrogen and oxygen atoms in total. The SMILES string of the molecule is CC/C=C\C/C=C\C/C=C\C/C=C\C/C=C\C/C=C\C/C=C\C/C=C\CCCCCCCCCCC(=O)NC(COC1OC(CO)C(OC2OC(CO)C(OC3OC(CO)C(O)C(O)C3O)C(O)C2O)C(O)C1O)C(O)/C=C/CC/C=C/CC/C=C/CCCCCCCCCCCC. The molecule has 12 N–H and O–H groups in total. The van der Waals surface area contributed by atoms with Crippen LogP contribution in [0.2, 0.25) is 0 Å². The number of rotatable bonds is 56. The maximum absolute atomic E-state index is 13.4. The molecule has 0 bridgehead atoms. The van der Waals surface area contributed by atoms with Crippen LogP contribution in [0.15, 0.2) is 134 Å². The van der Waals surface area contributed by atoms with Crippen LogP contribution in [0.25, 0.3) is 0 Å². The van der Waals surface area contributed by atoms with Crippen LogP contribution in [0.5, 0.6) is 0 Å². The largest absolute Gasteiger partial charge is 0.394 e. The Morgan fingerprint density at radius 1 is 0.378 bits per heavy atom. The first kappa shape index (κ1) is 88.1. The molecule has 0 aromatic rings. The van der Waals surface area contributed by atoms with Crippen LogP contribution in [0.1, 0.15) is 226 Å². The minimum atomic E-state index is -1.99. The Morgan fingerprint density at radius 2 is 0.714 bits per heavy atom. The van der Waals surface area contributed by atoms with Crippen LogP contribution in [0.3, 0.4) is 0 Å². The summed E-state index contributed by atoms with van der Waals surface area (Å²) < 4.78 is 34.4. The molecule has 19 heteroatoms. The first-order valence-electron chi connectivity index (χ1n) is 37.4. The predicted molar refractivity (Wildman–Crippen MR) is 387 cm³/mol. The van der Waals surface area contributed by atoms with Crippen molar-refractivity contribution in [3.05, 3.63) is 134 Å². The minimum Gasteiger partial charge on any atom is -0.394 e. The normalized spacial score (nSPS) is 27.5. The summed E-state index contributed by atoms with van der Waals surface area (Å²) in [6.07, 6.45) is 55.6. The Kier molecular flexibility index (Phi) is 52.6. The van der Waals surface area contributed by atoms with E-state index >= 15 is 0 Å². The van der Waals surface area contributed by atoms with E-state index in [0.717, 1.165) is 122 Å². The Bertz CT molecular complexity index is 2290. The molecule has 3 fully saturated rings. The summed E-state index contributed by atoms with van der Waals surface area (Å²) in [5, 5.41) is 121. The van der Waals surface area contributed by atoms with E-state index in [-0.39, 0.29) is 18.9 Å². The third kappa shape index (κ3) is 38.8. The highest BCUT2D eigenvalue weighted by atomic mass is 16.8. The number of allylic oxidation sites excluding steroid dienone is 21. The monoisotopic (exact) mass is 1380 g/mol. The van der Waals surface area contributed by atoms with Gasteiger partial charge in [0.1, 0.15) is 73.2 Å². The fraction of sp³-hybridized carbons (Fsp3) is 0.709. The summed E-state index contributed by atoms with van der Waals surface area (Å²) in [4.78, 5) is 13.4. The van der Waals surface area contributed by atoms with E-state index in [9.17, 15) is 61.0 Å². The van der Waals surface area contributed by atoms with Gasteiger partial charge in [0.2, 0.25) is 5.91 Å². The molecule has 3 aliphatic heterocycles. The maximum atomic E-state index is 13.4. The van der Waals surface area contributed by atoms with Gasteiger partial charge in [0.05, 0.1) is 38.6 Å². The standard InChI is InChI=1S/C79H131NO18/c1-3-5-7-9-11-13-15-17-19-21-23-25-26-27-28-29-30-31-32-33-34-35-36-37-39-41-43-45-47-49-51-53-55-57-67(85)80-62(63(84)56-54-52-50-48-46-44-42-40-38-24-22-20-18-16-14-12-10-8-6-4-2)61-93-77-73(91)70(88)75(65(59-82)95-77)98-79-74(92)71(89)76(66(60-83)96-79)97-78-72(90)69(87)68(86)64(58-81)94-78/h5,7,11,13,17,19,23,25,27-28,30-31,33-34,36-38,40,46,48,54,56,62-66,68-79,81-84,86-92H,3-4,6,8-10,12,14-16,18,20-22,24,26,29,32,35,39,41-45,47,49-53,55,57-61H2,1-2H3,(H,80,85)/b7-5-,13-11-,19-17-,25-23-,28-27-,31-30-,34-33-,37-36-,40-38+,48-46+,56-54+. The molecule has 98 heavy (non-hydrogen) atoms. The molecule has 560 valence electrons. The quantitative estimate of drug-likeness (QED) is 0.0199. The average molecular weight is 1380 g/mol. The number of ether oxygens (including phenoxy) is 6. The van der Waals surface area contributed by atoms with Gasteiger partial charge in [-0.3, -0.25) is 4.79 Å². The molecule has 0 saturated carbocycles. The van der Waals surface area contributed by atoms with Gasteiger partial charge in [-0.2, -0.15) is 0 Å². The van der Waals surface area contributed by atoms with E-state index in [1.54, 1.807) is 6.08 Å². The third-order valence-electron chi connectivity index (χ3n) is 17.7. The summed E-state index contributed by atoms with van der Waals surface area (Å²) in [5.41, 5.74) is 0. The van der Waals surface area contributed by atoms with Crippen LogP contribution in [0, 0.1) is 0 Å². The molecule has 3 aliphatic rings. The molecule has 3 saturated heterocycles. The van der Waals surface area contributed by atoms with Gasteiger partial charge in [0.15, 0.2) is 18.9 Å². The van der Waals surface area contributed by atoms with Crippen LogP contribution in [-0.4, -0.2) is 193 Å². The van der Waals surface area contributed by atoms with Crippen molar-refractivity contribution in [2.45, 2.75) is 330 Å². The van der Waals surface area contributed by atoms with Crippen LogP contribution in [0.4, 0.5) is 0 Å². The third-order valence-corrected chi connectivity index (χ3v) is 17.7. The predicted octanol–water partition coefficient (Wildman–Crippen LogP) is 11.3. The minimum absolute atomic E-state index is 0.213. The molecule has 0 radical (unpaired) electrons. The summed E-state index contributed by atoms with van der Waals surface area (Å²) in [7, 11) is 0. The highest BCUT2D eigenvalue weighted by Gasteiger charge is 2.53. The average Bonchev–Trinajstić information content (AvgIpc) is 0.782. The second-order valence-corrected chi connectivity index (χ2v) is 26.0. The molecular formula is C79H131NO18. The van der Waals surface area contributed by atoms with E-state index < -0.39 is 124 Å². The Labute approximate surface area is 588 Å². The molecule has 3 rings (SSSR count). The van der Waals surface area contributed by atoms with E-state index in [1.807, 2.05) is 6.08 Å². The van der Waals surface area contributed by atoms with Crippen LogP contribution >= 0.6 is 0 Å². The number of hydrogen-bond donors (Lipinski definition) is 12. The van der Waals surface area contributed by atoms with Gasteiger partial charge in [-0.25, -0.2) is 0 Å². The van der Waals surface area contributed by atoms with Crippen molar-refractivity contribution in [2.24, 2.45) is 0 Å². The molecule has 3 heterocycles. The van der Waals surface area contributed by atoms with Crippen molar-refractivity contribution < 1.29 is 89.4 Å². The highest BCUT2D eigenvalue weighted by molar-refractivity contribution is 5.76. The number of carbonyl (C=O) groups excluding carboxylic acids is 1. The Morgan fingerprint density at radius 3 is 1.14 bits per heavy atom. The first-order chi connectivity index (χ1) is 47.8. The molecule has 17 unspecified atom stereocenters. The molecular weight excluding hydrogens is 1250 g/mol. The van der Waals surface area contributed by atoms with Crippen molar-refractivity contribution in [1.82, 2.24) is 5.32 Å². The van der Waals surface area contributed by atoms with Crippen LogP contribution < -0.4 is 5.32 Å². The lowest BCUT2D eigenvalue weighted by atomic mass is 9.96. The second-order valence-electron chi connectivity index (χ2n) is 26.0. The van der Waals surface area contributed by atoms with Gasteiger partial charge in [0.25, 0.3) is 0 Å². The van der Waals surface area contributed by atoms with Crippen molar-refractivity contribution >= 4 is 5.91 Å². The fourth-order valence-corrected chi connectivity index (χ4v) is 11.6. The molecule has 0 aromatic carbocycles. The summed E-state index contributed by atoms with van der Waals surface area (Å²) in [6, 6.07) is -1.01. The second kappa shape index (κ2) is 58.4. The van der Waals surface area contributed by atoms with Crippen molar-refractivity contribution in [3.63, 3.8) is 0 Å². The van der Waals surface area contributed by atoms with Crippen molar-refractivity contribution in [3.8, 4) is 0 Å². The lowest BCUT2D eigenvalue weighted by molar-refractivity contribution is -0.379. The maximum Gasteiger partial charge on any atom is 0.220 e. The summed E-state index contributed by atoms with van der Waals surface area (Å²) in [5.74, 6) is -0.304. The number of hydrogen-bond acceptors (Lipinski definition) is 18. The molecule has 17 atom stereocenters. The van der Waals surface area contributed by atoms with E-state index in [4.69, 9.17) is 28.4 Å². The number of unbranched alkanes of at least 4 members (excludes halogenated alkanes) is 20. The molecule has 0 aliphatic carbocycles. The molecule has 0 aromatic heterocycles. The first-order valence-corrected chi connectivity index (χ1v) is 37.4. The number of aliphatic hydroxyl groups excluding tert-OH is 11. The summed E-state index contributed by atoms with van der Waals surface area (Å²) >= 11 is 0. The zero-order valence-electron chi connectivity index (χ0n) is 59.5. The molecule has 0 spiro atoms. The molecule has 1 amide bonds. The Balaban J connectivity index is 1.41. The van der Waals surface area contributed by atoms with Gasteiger partial charge in [-0.1, -0.05) is 244 Å². The van der Waals surface area contributed by atoms with Crippen molar-refractivity contribution in [2.75, 3.05) is 26.4 Å². The van der Waals surface area contributed by atoms with Crippen LogP contribution in [-0.2, 0) is 33.2 Å². The highest BCUT2D eigenvalue weighted by Crippen LogP contribution is 2.33. The number of carbonyl (C=O) groups is 1. The van der Waals surface area contributed by atoms with Crippen molar-refractivity contribution in [1.29, 1.82) is 0 Å². The zero-order chi connectivity index (χ0) is 71.1. The van der Waals surface area contributed by atoms with Gasteiger partial charge >= 0.3 is 0 Å². The van der Waals surface area contributed by atoms with Gasteiger partial charge in [-0.15, -0.1) is 0 Å². The van der Waals surface area contributed by atoms with E-state index in [0.29, 0.717) is 12.8 Å². The van der Waals surface area contributed by atoms with E-state index in [2.05, 4.69) is 141 Å². The zero-order valence-corrected chi connectivity index (χ0v) is 59.5. The van der Waals surface area contributed by atoms with Gasteiger partial charge in [0, 0.05) is 6.42 Å². The fourth-order valence-electron chi connectivity index (χ4n) is 11.6. The van der Waals surface area contributed by atoms with Gasteiger partial charge in [-0.05, 0) is 109 Å². The Hall–Kier alpha value is -4.07. The smallest absolute Gasteiger partial charge is 0.220 e. The summed E-state index contributed by atoms with van der Waals surface area (Å²) in [6.45, 7) is 1.57.